The molecule has 0 aliphatic carbocycles. The van der Waals surface area contributed by atoms with Gasteiger partial charge in [-0.3, -0.25) is 13.9 Å². The molecular weight excluding hydrogens is 467 g/mol. The number of carbonyl (C=O) groups is 1. The van der Waals surface area contributed by atoms with Crippen LogP contribution in [-0.2, 0) is 10.8 Å². The molecule has 2 heterocycles. The van der Waals surface area contributed by atoms with E-state index in [9.17, 15) is 9.00 Å². The van der Waals surface area contributed by atoms with Gasteiger partial charge >= 0.3 is 0 Å². The van der Waals surface area contributed by atoms with Crippen molar-refractivity contribution < 1.29 is 13.7 Å². The molecule has 2 fully saturated rings. The van der Waals surface area contributed by atoms with Gasteiger partial charge in [-0.2, -0.15) is 0 Å². The second-order valence-electron chi connectivity index (χ2n) is 8.43. The highest BCUT2D eigenvalue weighted by Gasteiger charge is 2.30. The first-order valence-electron chi connectivity index (χ1n) is 11.0. The molecule has 0 radical (unpaired) electrons. The number of benzene rings is 2. The molecule has 0 bridgehead atoms. The number of rotatable bonds is 5. The Morgan fingerprint density at radius 2 is 1.69 bits per heavy atom. The average molecular weight is 495 g/mol. The Balaban J connectivity index is 1.25. The van der Waals surface area contributed by atoms with Crippen molar-refractivity contribution in [3.8, 4) is 5.75 Å². The van der Waals surface area contributed by atoms with Crippen molar-refractivity contribution in [2.24, 2.45) is 0 Å². The van der Waals surface area contributed by atoms with Crippen LogP contribution in [0.1, 0.15) is 36.0 Å². The summed E-state index contributed by atoms with van der Waals surface area (Å²) in [6, 6.07) is 13.1. The van der Waals surface area contributed by atoms with Gasteiger partial charge in [0.25, 0.3) is 5.91 Å². The van der Waals surface area contributed by atoms with Crippen LogP contribution in [0.15, 0.2) is 47.4 Å². The molecule has 8 heteroatoms. The summed E-state index contributed by atoms with van der Waals surface area (Å²) in [5, 5.41) is 1.05. The number of ether oxygens (including phenoxy) is 1. The minimum absolute atomic E-state index is 0.0319. The molecule has 1 atom stereocenters. The van der Waals surface area contributed by atoms with E-state index in [0.717, 1.165) is 57.6 Å². The lowest BCUT2D eigenvalue weighted by Crippen LogP contribution is -2.50. The zero-order valence-corrected chi connectivity index (χ0v) is 20.5. The maximum atomic E-state index is 12.9. The van der Waals surface area contributed by atoms with Crippen LogP contribution in [0.2, 0.25) is 10.0 Å². The van der Waals surface area contributed by atoms with Crippen molar-refractivity contribution in [1.29, 1.82) is 0 Å². The molecule has 4 rings (SSSR count). The van der Waals surface area contributed by atoms with E-state index in [-0.39, 0.29) is 12.0 Å². The van der Waals surface area contributed by atoms with Crippen molar-refractivity contribution in [2.45, 2.75) is 42.7 Å². The second-order valence-corrected chi connectivity index (χ2v) is 10.6. The molecule has 1 amide bonds. The van der Waals surface area contributed by atoms with Gasteiger partial charge in [-0.15, -0.1) is 0 Å². The molecule has 2 aromatic carbocycles. The Labute approximate surface area is 202 Å². The van der Waals surface area contributed by atoms with E-state index in [1.54, 1.807) is 36.6 Å². The lowest BCUT2D eigenvalue weighted by atomic mass is 9.98. The predicted octanol–water partition coefficient (Wildman–Crippen LogP) is 4.88. The summed E-state index contributed by atoms with van der Waals surface area (Å²) in [7, 11) is -1.09. The highest BCUT2D eigenvalue weighted by atomic mass is 35.5. The fourth-order valence-corrected chi connectivity index (χ4v) is 5.38. The van der Waals surface area contributed by atoms with E-state index < -0.39 is 10.8 Å². The number of piperidine rings is 2. The van der Waals surface area contributed by atoms with Crippen molar-refractivity contribution in [3.05, 3.63) is 58.1 Å². The van der Waals surface area contributed by atoms with Gasteiger partial charge in [0.2, 0.25) is 0 Å². The first-order valence-corrected chi connectivity index (χ1v) is 13.3. The molecule has 2 aliphatic heterocycles. The number of carbonyl (C=O) groups excluding carboxylic acids is 1. The SMILES string of the molecule is CS(=O)c1cccc(C(=O)N2CCC(N3CCC(Oc4ccc(Cl)c(Cl)c4)CC3)CC2)c1. The quantitative estimate of drug-likeness (QED) is 0.594. The van der Waals surface area contributed by atoms with Gasteiger partial charge in [-0.25, -0.2) is 0 Å². The molecule has 0 N–H and O–H groups in total. The van der Waals surface area contributed by atoms with E-state index in [4.69, 9.17) is 27.9 Å². The standard InChI is InChI=1S/C24H28Cl2N2O3S/c1-32(30)21-4-2-3-17(15-21)24(29)28-11-7-18(8-12-28)27-13-9-19(10-14-27)31-20-5-6-22(25)23(26)16-20/h2-6,15-16,18-19H,7-14H2,1H3. The predicted molar refractivity (Wildman–Crippen MR) is 129 cm³/mol. The monoisotopic (exact) mass is 494 g/mol. The number of nitrogens with zero attached hydrogens (tertiary/aromatic N) is 2. The van der Waals surface area contributed by atoms with Gasteiger partial charge in [-0.05, 0) is 56.0 Å². The van der Waals surface area contributed by atoms with Crippen LogP contribution in [0.5, 0.6) is 5.75 Å². The molecule has 0 aromatic heterocycles. The van der Waals surface area contributed by atoms with E-state index in [0.29, 0.717) is 26.5 Å². The smallest absolute Gasteiger partial charge is 0.253 e. The highest BCUT2D eigenvalue weighted by Crippen LogP contribution is 2.29. The molecule has 0 saturated carbocycles. The third-order valence-electron chi connectivity index (χ3n) is 6.35. The van der Waals surface area contributed by atoms with E-state index >= 15 is 0 Å². The molecule has 5 nitrogen and oxygen atoms in total. The third kappa shape index (κ3) is 5.66. The maximum absolute atomic E-state index is 12.9. The largest absolute Gasteiger partial charge is 0.490 e. The lowest BCUT2D eigenvalue weighted by Gasteiger charge is -2.41. The highest BCUT2D eigenvalue weighted by molar-refractivity contribution is 7.84. The molecule has 32 heavy (non-hydrogen) atoms. The molecule has 0 spiro atoms. The van der Waals surface area contributed by atoms with Crippen LogP contribution < -0.4 is 4.74 Å². The first kappa shape index (κ1) is 23.6. The normalized spacial score (nSPS) is 19.7. The van der Waals surface area contributed by atoms with Crippen molar-refractivity contribution in [1.82, 2.24) is 9.80 Å². The van der Waals surface area contributed by atoms with Crippen LogP contribution >= 0.6 is 23.2 Å². The van der Waals surface area contributed by atoms with Crippen molar-refractivity contribution >= 4 is 39.9 Å². The summed E-state index contributed by atoms with van der Waals surface area (Å²) in [6.45, 7) is 3.50. The van der Waals surface area contributed by atoms with Crippen LogP contribution in [0, 0.1) is 0 Å². The Morgan fingerprint density at radius 3 is 2.34 bits per heavy atom. The van der Waals surface area contributed by atoms with E-state index in [1.165, 1.54) is 0 Å². The summed E-state index contributed by atoms with van der Waals surface area (Å²) >= 11 is 12.1. The van der Waals surface area contributed by atoms with Gasteiger partial charge in [0, 0.05) is 65.8 Å². The zero-order chi connectivity index (χ0) is 22.7. The number of amides is 1. The minimum atomic E-state index is -1.09. The fraction of sp³-hybridized carbons (Fsp3) is 0.458. The minimum Gasteiger partial charge on any atom is -0.490 e. The molecule has 2 aromatic rings. The van der Waals surface area contributed by atoms with Gasteiger partial charge in [-0.1, -0.05) is 29.3 Å². The van der Waals surface area contributed by atoms with Crippen molar-refractivity contribution in [3.63, 3.8) is 0 Å². The molecule has 2 saturated heterocycles. The van der Waals surface area contributed by atoms with Gasteiger partial charge < -0.3 is 9.64 Å². The Bertz CT molecular complexity index is 987. The third-order valence-corrected chi connectivity index (χ3v) is 8.01. The Hall–Kier alpha value is -1.60. The summed E-state index contributed by atoms with van der Waals surface area (Å²) in [5.41, 5.74) is 0.622. The molecule has 1 unspecified atom stereocenters. The van der Waals surface area contributed by atoms with Crippen LogP contribution in [0.25, 0.3) is 0 Å². The Morgan fingerprint density at radius 1 is 0.969 bits per heavy atom. The number of likely N-dealkylation sites (tertiary alicyclic amines) is 2. The van der Waals surface area contributed by atoms with E-state index in [2.05, 4.69) is 4.90 Å². The van der Waals surface area contributed by atoms with Crippen molar-refractivity contribution in [2.75, 3.05) is 32.4 Å². The van der Waals surface area contributed by atoms with Crippen LogP contribution in [0.3, 0.4) is 0 Å². The fourth-order valence-electron chi connectivity index (χ4n) is 4.53. The molecule has 172 valence electrons. The molecule has 2 aliphatic rings. The van der Waals surface area contributed by atoms with Gasteiger partial charge in [0.05, 0.1) is 10.0 Å². The van der Waals surface area contributed by atoms with Gasteiger partial charge in [0.1, 0.15) is 11.9 Å². The first-order chi connectivity index (χ1) is 15.4. The van der Waals surface area contributed by atoms with Gasteiger partial charge in [0.15, 0.2) is 0 Å². The summed E-state index contributed by atoms with van der Waals surface area (Å²) < 4.78 is 17.8. The average Bonchev–Trinajstić information content (AvgIpc) is 2.82. The van der Waals surface area contributed by atoms with Crippen LogP contribution in [0.4, 0.5) is 0 Å². The topological polar surface area (TPSA) is 49.9 Å². The lowest BCUT2D eigenvalue weighted by molar-refractivity contribution is 0.0425. The Kier molecular flexibility index (Phi) is 7.77. The van der Waals surface area contributed by atoms with E-state index in [1.807, 2.05) is 17.0 Å². The summed E-state index contributed by atoms with van der Waals surface area (Å²) in [4.78, 5) is 18.1. The summed E-state index contributed by atoms with van der Waals surface area (Å²) in [6.07, 6.45) is 5.71. The molecular formula is C24H28Cl2N2O3S. The summed E-state index contributed by atoms with van der Waals surface area (Å²) in [5.74, 6) is 0.796. The maximum Gasteiger partial charge on any atom is 0.253 e. The number of hydrogen-bond donors (Lipinski definition) is 0. The second kappa shape index (κ2) is 10.6. The number of hydrogen-bond acceptors (Lipinski definition) is 4. The zero-order valence-electron chi connectivity index (χ0n) is 18.1. The number of halogens is 2. The van der Waals surface area contributed by atoms with Crippen LogP contribution in [-0.4, -0.2) is 64.5 Å².